The standard InChI is InChI=1S/C14H20N4/c1-11-4-3-8-17(12(11)10-15)14-6-2-5-13-16-7-9-18(13)14/h2,5-7,9,11-12H,3-4,8,10,15H2,1H3. The Kier molecular flexibility index (Phi) is 2.96. The summed E-state index contributed by atoms with van der Waals surface area (Å²) in [7, 11) is 0. The molecule has 2 unspecified atom stereocenters. The van der Waals surface area contributed by atoms with E-state index in [4.69, 9.17) is 5.73 Å². The van der Waals surface area contributed by atoms with Crippen molar-refractivity contribution < 1.29 is 0 Å². The lowest BCUT2D eigenvalue weighted by atomic mass is 9.91. The van der Waals surface area contributed by atoms with Crippen molar-refractivity contribution in [2.75, 3.05) is 18.0 Å². The smallest absolute Gasteiger partial charge is 0.138 e. The van der Waals surface area contributed by atoms with E-state index in [1.165, 1.54) is 18.7 Å². The van der Waals surface area contributed by atoms with Gasteiger partial charge in [0.2, 0.25) is 0 Å². The van der Waals surface area contributed by atoms with Crippen LogP contribution in [0.5, 0.6) is 0 Å². The minimum Gasteiger partial charge on any atom is -0.353 e. The summed E-state index contributed by atoms with van der Waals surface area (Å²) in [5.74, 6) is 1.87. The fourth-order valence-corrected chi connectivity index (χ4v) is 3.06. The van der Waals surface area contributed by atoms with Gasteiger partial charge in [0, 0.05) is 31.5 Å². The Bertz CT molecular complexity index is 533. The molecule has 18 heavy (non-hydrogen) atoms. The van der Waals surface area contributed by atoms with Gasteiger partial charge in [-0.05, 0) is 30.9 Å². The quantitative estimate of drug-likeness (QED) is 0.877. The summed E-state index contributed by atoms with van der Waals surface area (Å²) in [6.45, 7) is 4.10. The molecule has 1 saturated heterocycles. The van der Waals surface area contributed by atoms with Crippen molar-refractivity contribution in [3.8, 4) is 0 Å². The normalized spacial score (nSPS) is 24.7. The minimum absolute atomic E-state index is 0.437. The molecular formula is C14H20N4. The Balaban J connectivity index is 2.04. The second-order valence-electron chi connectivity index (χ2n) is 5.16. The van der Waals surface area contributed by atoms with Crippen LogP contribution >= 0.6 is 0 Å². The van der Waals surface area contributed by atoms with Crippen molar-refractivity contribution in [2.45, 2.75) is 25.8 Å². The number of hydrogen-bond donors (Lipinski definition) is 1. The van der Waals surface area contributed by atoms with Gasteiger partial charge >= 0.3 is 0 Å². The maximum Gasteiger partial charge on any atom is 0.138 e. The number of rotatable bonds is 2. The van der Waals surface area contributed by atoms with Gasteiger partial charge in [0.15, 0.2) is 0 Å². The number of imidazole rings is 1. The maximum atomic E-state index is 5.97. The Morgan fingerprint density at radius 3 is 3.17 bits per heavy atom. The predicted molar refractivity (Wildman–Crippen MR) is 73.8 cm³/mol. The summed E-state index contributed by atoms with van der Waals surface area (Å²) in [4.78, 5) is 6.80. The number of aromatic nitrogens is 2. The molecular weight excluding hydrogens is 224 g/mol. The number of hydrogen-bond acceptors (Lipinski definition) is 3. The molecule has 0 amide bonds. The first-order chi connectivity index (χ1) is 8.81. The van der Waals surface area contributed by atoms with Crippen molar-refractivity contribution in [2.24, 2.45) is 11.7 Å². The first kappa shape index (κ1) is 11.5. The van der Waals surface area contributed by atoms with Gasteiger partial charge in [0.05, 0.1) is 0 Å². The third kappa shape index (κ3) is 1.77. The molecule has 4 heteroatoms. The summed E-state index contributed by atoms with van der Waals surface area (Å²) in [6, 6.07) is 6.71. The highest BCUT2D eigenvalue weighted by atomic mass is 15.3. The van der Waals surface area contributed by atoms with Crippen LogP contribution < -0.4 is 10.6 Å². The summed E-state index contributed by atoms with van der Waals surface area (Å²) >= 11 is 0. The molecule has 1 aliphatic heterocycles. The molecule has 0 saturated carbocycles. The van der Waals surface area contributed by atoms with Crippen molar-refractivity contribution in [3.05, 3.63) is 30.6 Å². The van der Waals surface area contributed by atoms with E-state index in [2.05, 4.69) is 33.3 Å². The Morgan fingerprint density at radius 1 is 1.44 bits per heavy atom. The first-order valence-electron chi connectivity index (χ1n) is 6.70. The lowest BCUT2D eigenvalue weighted by Gasteiger charge is -2.41. The predicted octanol–water partition coefficient (Wildman–Crippen LogP) is 1.90. The van der Waals surface area contributed by atoms with Gasteiger partial charge in [-0.2, -0.15) is 0 Å². The lowest BCUT2D eigenvalue weighted by Crippen LogP contribution is -2.49. The van der Waals surface area contributed by atoms with E-state index < -0.39 is 0 Å². The molecule has 0 radical (unpaired) electrons. The van der Waals surface area contributed by atoms with Gasteiger partial charge in [-0.3, -0.25) is 4.40 Å². The van der Waals surface area contributed by atoms with E-state index >= 15 is 0 Å². The maximum absolute atomic E-state index is 5.97. The minimum atomic E-state index is 0.437. The molecule has 1 aliphatic rings. The van der Waals surface area contributed by atoms with Crippen LogP contribution in [0.1, 0.15) is 19.8 Å². The van der Waals surface area contributed by atoms with Crippen LogP contribution in [0.25, 0.3) is 5.65 Å². The van der Waals surface area contributed by atoms with Gasteiger partial charge in [0.1, 0.15) is 11.5 Å². The lowest BCUT2D eigenvalue weighted by molar-refractivity contribution is 0.347. The van der Waals surface area contributed by atoms with Crippen LogP contribution in [0, 0.1) is 5.92 Å². The average Bonchev–Trinajstić information content (AvgIpc) is 2.86. The average molecular weight is 244 g/mol. The van der Waals surface area contributed by atoms with Gasteiger partial charge < -0.3 is 10.6 Å². The molecule has 2 aromatic heterocycles. The molecule has 3 heterocycles. The fraction of sp³-hybridized carbons (Fsp3) is 0.500. The summed E-state index contributed by atoms with van der Waals surface area (Å²) in [5.41, 5.74) is 6.98. The summed E-state index contributed by atoms with van der Waals surface area (Å²) < 4.78 is 2.15. The third-order valence-electron chi connectivity index (χ3n) is 4.06. The molecule has 0 aromatic carbocycles. The van der Waals surface area contributed by atoms with E-state index in [1.807, 2.05) is 18.5 Å². The highest BCUT2D eigenvalue weighted by molar-refractivity contribution is 5.52. The molecule has 0 aliphatic carbocycles. The van der Waals surface area contributed by atoms with Crippen molar-refractivity contribution in [3.63, 3.8) is 0 Å². The van der Waals surface area contributed by atoms with Crippen LogP contribution in [-0.4, -0.2) is 28.5 Å². The van der Waals surface area contributed by atoms with Crippen molar-refractivity contribution in [1.82, 2.24) is 9.38 Å². The van der Waals surface area contributed by atoms with Crippen LogP contribution in [0.2, 0.25) is 0 Å². The molecule has 4 nitrogen and oxygen atoms in total. The monoisotopic (exact) mass is 244 g/mol. The topological polar surface area (TPSA) is 46.6 Å². The molecule has 96 valence electrons. The SMILES string of the molecule is CC1CCCN(c2cccc3nccn23)C1CN. The molecule has 2 atom stereocenters. The van der Waals surface area contributed by atoms with Crippen LogP contribution in [0.15, 0.2) is 30.6 Å². The molecule has 0 bridgehead atoms. The zero-order valence-corrected chi connectivity index (χ0v) is 10.8. The van der Waals surface area contributed by atoms with Crippen LogP contribution in [0.4, 0.5) is 5.82 Å². The summed E-state index contributed by atoms with van der Waals surface area (Å²) in [5, 5.41) is 0. The zero-order chi connectivity index (χ0) is 12.5. The van der Waals surface area contributed by atoms with E-state index in [-0.39, 0.29) is 0 Å². The van der Waals surface area contributed by atoms with Gasteiger partial charge in [-0.25, -0.2) is 4.98 Å². The van der Waals surface area contributed by atoms with Crippen LogP contribution in [-0.2, 0) is 0 Å². The number of nitrogens with zero attached hydrogens (tertiary/aromatic N) is 3. The molecule has 2 N–H and O–H groups in total. The molecule has 3 rings (SSSR count). The van der Waals surface area contributed by atoms with E-state index in [1.54, 1.807) is 0 Å². The largest absolute Gasteiger partial charge is 0.353 e. The second kappa shape index (κ2) is 4.61. The fourth-order valence-electron chi connectivity index (χ4n) is 3.06. The van der Waals surface area contributed by atoms with Gasteiger partial charge in [-0.1, -0.05) is 13.0 Å². The van der Waals surface area contributed by atoms with E-state index in [9.17, 15) is 0 Å². The first-order valence-corrected chi connectivity index (χ1v) is 6.70. The molecule has 1 fully saturated rings. The number of anilines is 1. The second-order valence-corrected chi connectivity index (χ2v) is 5.16. The highest BCUT2D eigenvalue weighted by Gasteiger charge is 2.28. The zero-order valence-electron chi connectivity index (χ0n) is 10.8. The molecule has 0 spiro atoms. The van der Waals surface area contributed by atoms with Gasteiger partial charge in [-0.15, -0.1) is 0 Å². The van der Waals surface area contributed by atoms with Crippen LogP contribution in [0.3, 0.4) is 0 Å². The molecule has 2 aromatic rings. The number of piperidine rings is 1. The highest BCUT2D eigenvalue weighted by Crippen LogP contribution is 2.28. The van der Waals surface area contributed by atoms with E-state index in [0.717, 1.165) is 12.2 Å². The van der Waals surface area contributed by atoms with Crippen molar-refractivity contribution in [1.29, 1.82) is 0 Å². The number of nitrogens with two attached hydrogens (primary N) is 1. The Hall–Kier alpha value is -1.55. The Labute approximate surface area is 107 Å². The summed E-state index contributed by atoms with van der Waals surface area (Å²) in [6.07, 6.45) is 6.39. The Morgan fingerprint density at radius 2 is 2.33 bits per heavy atom. The van der Waals surface area contributed by atoms with Gasteiger partial charge in [0.25, 0.3) is 0 Å². The number of fused-ring (bicyclic) bond motifs is 1. The van der Waals surface area contributed by atoms with E-state index in [0.29, 0.717) is 18.5 Å². The van der Waals surface area contributed by atoms with Crippen molar-refractivity contribution >= 4 is 11.5 Å². The number of pyridine rings is 1. The third-order valence-corrected chi connectivity index (χ3v) is 4.06.